The summed E-state index contributed by atoms with van der Waals surface area (Å²) >= 11 is 1.40. The Morgan fingerprint density at radius 2 is 2.00 bits per heavy atom. The normalized spacial score (nSPS) is 14.1. The van der Waals surface area contributed by atoms with Crippen molar-refractivity contribution in [3.05, 3.63) is 69.8 Å². The van der Waals surface area contributed by atoms with Crippen molar-refractivity contribution >= 4 is 21.4 Å². The third-order valence-electron chi connectivity index (χ3n) is 4.52. The Morgan fingerprint density at radius 1 is 1.26 bits per heavy atom. The molecular weight excluding hydrogens is 386 g/mol. The van der Waals surface area contributed by atoms with Gasteiger partial charge in [0.1, 0.15) is 16.4 Å². The predicted octanol–water partition coefficient (Wildman–Crippen LogP) is 3.18. The molecule has 3 aromatic rings. The monoisotopic (exact) mass is 407 g/mol. The average molecular weight is 408 g/mol. The molecule has 0 saturated heterocycles. The van der Waals surface area contributed by atoms with Gasteiger partial charge in [0.05, 0.1) is 19.9 Å². The van der Waals surface area contributed by atoms with E-state index in [9.17, 15) is 13.5 Å². The molecule has 2 aromatic heterocycles. The zero-order chi connectivity index (χ0) is 19.7. The topological polar surface area (TPSA) is 88.8 Å². The Bertz CT molecular complexity index is 975. The number of sulfonamides is 1. The Kier molecular flexibility index (Phi) is 5.43. The van der Waals surface area contributed by atoms with Crippen LogP contribution in [0.4, 0.5) is 0 Å². The van der Waals surface area contributed by atoms with E-state index in [4.69, 9.17) is 9.15 Å². The molecule has 0 amide bonds. The number of nitrogens with one attached hydrogen (secondary N) is 1. The van der Waals surface area contributed by atoms with Crippen molar-refractivity contribution < 1.29 is 22.7 Å². The van der Waals surface area contributed by atoms with Gasteiger partial charge in [-0.25, -0.2) is 13.1 Å². The molecule has 27 heavy (non-hydrogen) atoms. The number of furan rings is 1. The highest BCUT2D eigenvalue weighted by atomic mass is 32.2. The molecule has 2 heterocycles. The predicted molar refractivity (Wildman–Crippen MR) is 104 cm³/mol. The van der Waals surface area contributed by atoms with Crippen LogP contribution in [-0.2, 0) is 15.6 Å². The summed E-state index contributed by atoms with van der Waals surface area (Å²) in [5, 5.41) is 14.8. The summed E-state index contributed by atoms with van der Waals surface area (Å²) in [6, 6.07) is 8.24. The van der Waals surface area contributed by atoms with Crippen molar-refractivity contribution in [1.29, 1.82) is 0 Å². The number of aliphatic hydroxyl groups is 1. The molecule has 144 valence electrons. The van der Waals surface area contributed by atoms with Gasteiger partial charge in [-0.3, -0.25) is 0 Å². The molecule has 0 radical (unpaired) electrons. The Labute approximate surface area is 162 Å². The molecule has 0 fully saturated rings. The van der Waals surface area contributed by atoms with Gasteiger partial charge in [0, 0.05) is 5.56 Å². The van der Waals surface area contributed by atoms with Gasteiger partial charge in [0.15, 0.2) is 5.60 Å². The fourth-order valence-corrected chi connectivity index (χ4v) is 4.77. The van der Waals surface area contributed by atoms with E-state index in [1.54, 1.807) is 35.7 Å². The molecular formula is C19H21NO5S2. The number of ether oxygens (including phenoxy) is 1. The van der Waals surface area contributed by atoms with Crippen LogP contribution in [0.25, 0.3) is 0 Å². The molecule has 1 atom stereocenters. The molecule has 0 aliphatic heterocycles. The standard InChI is InChI=1S/C19H21NO5S2/c1-13-9-16(24-3)17(10-14(13)2)27(22,23)20-12-19(21,15-6-8-26-11-15)18-5-4-7-25-18/h4-11,20-21H,12H2,1-3H3/t19-/m1/s1. The second-order valence-corrected chi connectivity index (χ2v) is 8.78. The van der Waals surface area contributed by atoms with Gasteiger partial charge in [0.25, 0.3) is 0 Å². The summed E-state index contributed by atoms with van der Waals surface area (Å²) in [4.78, 5) is 0.0280. The van der Waals surface area contributed by atoms with Gasteiger partial charge in [0.2, 0.25) is 10.0 Å². The van der Waals surface area contributed by atoms with Crippen LogP contribution in [0.1, 0.15) is 22.5 Å². The summed E-state index contributed by atoms with van der Waals surface area (Å²) in [6.07, 6.45) is 1.44. The van der Waals surface area contributed by atoms with Crippen molar-refractivity contribution in [2.24, 2.45) is 0 Å². The minimum absolute atomic E-state index is 0.0280. The van der Waals surface area contributed by atoms with Gasteiger partial charge in [-0.15, -0.1) is 0 Å². The fourth-order valence-electron chi connectivity index (χ4n) is 2.76. The molecule has 6 nitrogen and oxygen atoms in total. The summed E-state index contributed by atoms with van der Waals surface area (Å²) in [6.45, 7) is 3.43. The van der Waals surface area contributed by atoms with Gasteiger partial charge in [-0.1, -0.05) is 0 Å². The lowest BCUT2D eigenvalue weighted by Gasteiger charge is -2.26. The third-order valence-corrected chi connectivity index (χ3v) is 6.62. The largest absolute Gasteiger partial charge is 0.495 e. The maximum Gasteiger partial charge on any atom is 0.244 e. The molecule has 0 aliphatic rings. The lowest BCUT2D eigenvalue weighted by atomic mass is 9.94. The molecule has 0 unspecified atom stereocenters. The maximum absolute atomic E-state index is 12.9. The summed E-state index contributed by atoms with van der Waals surface area (Å²) in [5.74, 6) is 0.512. The zero-order valence-corrected chi connectivity index (χ0v) is 16.9. The summed E-state index contributed by atoms with van der Waals surface area (Å²) < 4.78 is 39.0. The number of aryl methyl sites for hydroxylation is 2. The van der Waals surface area contributed by atoms with E-state index in [0.717, 1.165) is 11.1 Å². The number of hydrogen-bond acceptors (Lipinski definition) is 6. The number of methoxy groups -OCH3 is 1. The first-order valence-corrected chi connectivity index (χ1v) is 10.6. The van der Waals surface area contributed by atoms with Crippen LogP contribution in [-0.4, -0.2) is 27.2 Å². The van der Waals surface area contributed by atoms with Crippen LogP contribution in [0.3, 0.4) is 0 Å². The van der Waals surface area contributed by atoms with Crippen LogP contribution < -0.4 is 9.46 Å². The number of hydrogen-bond donors (Lipinski definition) is 2. The second-order valence-electron chi connectivity index (χ2n) is 6.26. The first-order chi connectivity index (χ1) is 12.8. The first kappa shape index (κ1) is 19.6. The molecule has 0 aliphatic carbocycles. The summed E-state index contributed by atoms with van der Waals surface area (Å²) in [5.41, 5.74) is 0.687. The van der Waals surface area contributed by atoms with E-state index in [1.165, 1.54) is 24.7 Å². The number of thiophene rings is 1. The number of rotatable bonds is 7. The Hall–Kier alpha value is -2.13. The summed E-state index contributed by atoms with van der Waals surface area (Å²) in [7, 11) is -2.51. The first-order valence-electron chi connectivity index (χ1n) is 8.22. The van der Waals surface area contributed by atoms with Crippen LogP contribution >= 0.6 is 11.3 Å². The Morgan fingerprint density at radius 3 is 2.59 bits per heavy atom. The highest BCUT2D eigenvalue weighted by Crippen LogP contribution is 2.32. The third kappa shape index (κ3) is 3.79. The molecule has 0 spiro atoms. The molecule has 8 heteroatoms. The smallest absolute Gasteiger partial charge is 0.244 e. The lowest BCUT2D eigenvalue weighted by molar-refractivity contribution is 0.0623. The SMILES string of the molecule is COc1cc(C)c(C)cc1S(=O)(=O)NC[C@@](O)(c1ccsc1)c1ccco1. The molecule has 1 aromatic carbocycles. The van der Waals surface area contributed by atoms with E-state index in [-0.39, 0.29) is 22.9 Å². The number of benzene rings is 1. The second kappa shape index (κ2) is 7.47. The van der Waals surface area contributed by atoms with Crippen molar-refractivity contribution in [3.63, 3.8) is 0 Å². The highest BCUT2D eigenvalue weighted by Gasteiger charge is 2.37. The van der Waals surface area contributed by atoms with Crippen LogP contribution in [0.2, 0.25) is 0 Å². The van der Waals surface area contributed by atoms with Gasteiger partial charge in [-0.2, -0.15) is 11.3 Å². The van der Waals surface area contributed by atoms with Crippen LogP contribution in [0, 0.1) is 13.8 Å². The molecule has 3 rings (SSSR count). The van der Waals surface area contributed by atoms with E-state index in [1.807, 2.05) is 19.2 Å². The fraction of sp³-hybridized carbons (Fsp3) is 0.263. The highest BCUT2D eigenvalue weighted by molar-refractivity contribution is 7.89. The van der Waals surface area contributed by atoms with Gasteiger partial charge >= 0.3 is 0 Å². The molecule has 0 bridgehead atoms. The molecule has 2 N–H and O–H groups in total. The van der Waals surface area contributed by atoms with Crippen molar-refractivity contribution in [3.8, 4) is 5.75 Å². The van der Waals surface area contributed by atoms with Crippen molar-refractivity contribution in [2.75, 3.05) is 13.7 Å². The molecule has 0 saturated carbocycles. The van der Waals surface area contributed by atoms with Crippen molar-refractivity contribution in [2.45, 2.75) is 24.3 Å². The van der Waals surface area contributed by atoms with E-state index in [2.05, 4.69) is 4.72 Å². The van der Waals surface area contributed by atoms with Crippen molar-refractivity contribution in [1.82, 2.24) is 4.72 Å². The van der Waals surface area contributed by atoms with E-state index >= 15 is 0 Å². The minimum Gasteiger partial charge on any atom is -0.495 e. The zero-order valence-electron chi connectivity index (χ0n) is 15.2. The van der Waals surface area contributed by atoms with E-state index < -0.39 is 15.6 Å². The lowest BCUT2D eigenvalue weighted by Crippen LogP contribution is -2.41. The minimum atomic E-state index is -3.93. The Balaban J connectivity index is 1.95. The van der Waals surface area contributed by atoms with Gasteiger partial charge < -0.3 is 14.3 Å². The average Bonchev–Trinajstić information content (AvgIpc) is 3.35. The van der Waals surface area contributed by atoms with Gasteiger partial charge in [-0.05, 0) is 66.1 Å². The van der Waals surface area contributed by atoms with Crippen LogP contribution in [0.5, 0.6) is 5.75 Å². The maximum atomic E-state index is 12.9. The van der Waals surface area contributed by atoms with Crippen LogP contribution in [0.15, 0.2) is 56.7 Å². The quantitative estimate of drug-likeness (QED) is 0.628. The van der Waals surface area contributed by atoms with E-state index in [0.29, 0.717) is 5.56 Å².